The topological polar surface area (TPSA) is 102 Å². The fourth-order valence-electron chi connectivity index (χ4n) is 2.64. The Labute approximate surface area is 141 Å². The number of aromatic nitrogens is 5. The summed E-state index contributed by atoms with van der Waals surface area (Å²) in [6, 6.07) is 10.1. The van der Waals surface area contributed by atoms with Gasteiger partial charge in [-0.15, -0.1) is 0 Å². The van der Waals surface area contributed by atoms with Gasteiger partial charge < -0.3 is 10.7 Å². The van der Waals surface area contributed by atoms with Gasteiger partial charge in [0.1, 0.15) is 11.5 Å². The monoisotopic (exact) mass is 336 g/mol. The van der Waals surface area contributed by atoms with Crippen molar-refractivity contribution in [2.24, 2.45) is 0 Å². The van der Waals surface area contributed by atoms with Crippen molar-refractivity contribution in [3.05, 3.63) is 70.5 Å². The summed E-state index contributed by atoms with van der Waals surface area (Å²) in [6.45, 7) is 0.215. The number of nitrogen functional groups attached to an aromatic ring is 1. The minimum absolute atomic E-state index is 0.114. The fraction of sp³-hybridized carbons (Fsp3) is 0.0588. The van der Waals surface area contributed by atoms with Crippen molar-refractivity contribution >= 4 is 16.9 Å². The van der Waals surface area contributed by atoms with Gasteiger partial charge in [0.15, 0.2) is 11.5 Å². The fourth-order valence-corrected chi connectivity index (χ4v) is 2.64. The Hall–Kier alpha value is -3.55. The minimum atomic E-state index is -0.488. The Kier molecular flexibility index (Phi) is 3.50. The first-order chi connectivity index (χ1) is 12.1. The van der Waals surface area contributed by atoms with E-state index in [4.69, 9.17) is 5.73 Å². The van der Waals surface area contributed by atoms with Crippen LogP contribution >= 0.6 is 0 Å². The summed E-state index contributed by atoms with van der Waals surface area (Å²) < 4.78 is 15.6. The van der Waals surface area contributed by atoms with Gasteiger partial charge in [0, 0.05) is 17.1 Å². The minimum Gasteiger partial charge on any atom is -0.379 e. The van der Waals surface area contributed by atoms with E-state index in [1.54, 1.807) is 35.1 Å². The highest BCUT2D eigenvalue weighted by molar-refractivity contribution is 5.89. The Morgan fingerprint density at radius 2 is 2.00 bits per heavy atom. The molecule has 0 aliphatic heterocycles. The molecule has 0 saturated carbocycles. The number of halogens is 1. The van der Waals surface area contributed by atoms with Crippen LogP contribution in [0.3, 0.4) is 0 Å². The van der Waals surface area contributed by atoms with Crippen LogP contribution in [0.1, 0.15) is 5.56 Å². The summed E-state index contributed by atoms with van der Waals surface area (Å²) in [6.07, 6.45) is 3.08. The second-order valence-electron chi connectivity index (χ2n) is 5.48. The van der Waals surface area contributed by atoms with Crippen molar-refractivity contribution in [1.82, 2.24) is 24.7 Å². The molecule has 0 unspecified atom stereocenters. The molecule has 1 aromatic carbocycles. The molecule has 0 aliphatic carbocycles. The van der Waals surface area contributed by atoms with Crippen LogP contribution in [0.2, 0.25) is 0 Å². The molecule has 0 amide bonds. The molecule has 4 rings (SSSR count). The number of hydrogen-bond acceptors (Lipinski definition) is 5. The Balaban J connectivity index is 1.88. The van der Waals surface area contributed by atoms with E-state index in [1.165, 1.54) is 12.3 Å². The van der Waals surface area contributed by atoms with Crippen molar-refractivity contribution in [3.63, 3.8) is 0 Å². The molecular weight excluding hydrogens is 323 g/mol. The molecule has 0 fully saturated rings. The Bertz CT molecular complexity index is 1130. The van der Waals surface area contributed by atoms with Gasteiger partial charge in [-0.25, -0.2) is 19.0 Å². The smallest absolute Gasteiger partial charge is 0.290 e. The van der Waals surface area contributed by atoms with Gasteiger partial charge in [0.25, 0.3) is 5.56 Å². The third-order valence-electron chi connectivity index (χ3n) is 3.85. The number of nitrogens with zero attached hydrogens (tertiary/aromatic N) is 4. The van der Waals surface area contributed by atoms with Crippen molar-refractivity contribution in [1.29, 1.82) is 0 Å². The van der Waals surface area contributed by atoms with E-state index < -0.39 is 5.56 Å². The molecule has 3 aromatic heterocycles. The summed E-state index contributed by atoms with van der Waals surface area (Å²) in [7, 11) is 0. The molecule has 0 atom stereocenters. The second-order valence-corrected chi connectivity index (χ2v) is 5.48. The number of fused-ring (bicyclic) bond motifs is 1. The number of rotatable bonds is 3. The highest BCUT2D eigenvalue weighted by atomic mass is 19.1. The highest BCUT2D eigenvalue weighted by Crippen LogP contribution is 2.25. The zero-order chi connectivity index (χ0) is 17.4. The average Bonchev–Trinajstić information content (AvgIpc) is 2.98. The number of hydrogen-bond donors (Lipinski definition) is 2. The first-order valence-corrected chi connectivity index (χ1v) is 7.53. The number of nitrogens with one attached hydrogen (secondary N) is 1. The summed E-state index contributed by atoms with van der Waals surface area (Å²) in [4.78, 5) is 22.6. The maximum atomic E-state index is 14.0. The predicted molar refractivity (Wildman–Crippen MR) is 91.3 cm³/mol. The van der Waals surface area contributed by atoms with Crippen molar-refractivity contribution in [3.8, 4) is 11.4 Å². The summed E-state index contributed by atoms with van der Waals surface area (Å²) >= 11 is 0. The van der Waals surface area contributed by atoms with Gasteiger partial charge in [-0.1, -0.05) is 18.2 Å². The Morgan fingerprint density at radius 1 is 1.16 bits per heavy atom. The van der Waals surface area contributed by atoms with Crippen LogP contribution in [0.5, 0.6) is 0 Å². The van der Waals surface area contributed by atoms with Crippen LogP contribution in [0, 0.1) is 5.82 Å². The van der Waals surface area contributed by atoms with Crippen LogP contribution in [0.4, 0.5) is 10.2 Å². The number of anilines is 1. The molecular formula is C17H13FN6O. The quantitative estimate of drug-likeness (QED) is 0.595. The summed E-state index contributed by atoms with van der Waals surface area (Å²) in [5.74, 6) is -0.428. The lowest BCUT2D eigenvalue weighted by Gasteiger charge is -2.04. The molecule has 0 spiro atoms. The van der Waals surface area contributed by atoms with E-state index >= 15 is 0 Å². The standard InChI is InChI=1S/C17H13FN6O/c18-12-6-2-1-4-10(12)9-24-16-11(5-3-7-20-16)14(23-24)13-8-21-15(19)17(25)22-13/h1-8H,9H2,(H2,19,21)(H,22,25). The van der Waals surface area contributed by atoms with Crippen molar-refractivity contribution in [2.45, 2.75) is 6.54 Å². The van der Waals surface area contributed by atoms with Crippen LogP contribution in [0.15, 0.2) is 53.6 Å². The number of nitrogens with two attached hydrogens (primary N) is 1. The molecule has 8 heteroatoms. The largest absolute Gasteiger partial charge is 0.379 e. The van der Waals surface area contributed by atoms with E-state index in [2.05, 4.69) is 20.1 Å². The lowest BCUT2D eigenvalue weighted by Crippen LogP contribution is -2.14. The van der Waals surface area contributed by atoms with Gasteiger partial charge in [-0.05, 0) is 18.2 Å². The molecule has 0 saturated heterocycles. The summed E-state index contributed by atoms with van der Waals surface area (Å²) in [5, 5.41) is 5.23. The van der Waals surface area contributed by atoms with Gasteiger partial charge in [0.2, 0.25) is 0 Å². The van der Waals surface area contributed by atoms with Crippen LogP contribution in [-0.2, 0) is 6.54 Å². The third kappa shape index (κ3) is 2.63. The molecule has 124 valence electrons. The van der Waals surface area contributed by atoms with Crippen LogP contribution < -0.4 is 11.3 Å². The molecule has 0 radical (unpaired) electrons. The van der Waals surface area contributed by atoms with Crippen molar-refractivity contribution < 1.29 is 4.39 Å². The summed E-state index contributed by atoms with van der Waals surface area (Å²) in [5.41, 5.74) is 6.98. The molecule has 0 bridgehead atoms. The normalized spacial score (nSPS) is 11.1. The number of aromatic amines is 1. The average molecular weight is 336 g/mol. The number of H-pyrrole nitrogens is 1. The SMILES string of the molecule is Nc1ncc(-c2nn(Cc3ccccc3F)c3ncccc23)[nH]c1=O. The number of benzene rings is 1. The maximum Gasteiger partial charge on any atom is 0.290 e. The second kappa shape index (κ2) is 5.82. The first-order valence-electron chi connectivity index (χ1n) is 7.53. The predicted octanol–water partition coefficient (Wildman–Crippen LogP) is 1.95. The molecule has 25 heavy (non-hydrogen) atoms. The lowest BCUT2D eigenvalue weighted by molar-refractivity contribution is 0.589. The van der Waals surface area contributed by atoms with E-state index in [-0.39, 0.29) is 18.2 Å². The van der Waals surface area contributed by atoms with Crippen LogP contribution in [-0.4, -0.2) is 24.7 Å². The molecule has 3 N–H and O–H groups in total. The lowest BCUT2D eigenvalue weighted by atomic mass is 10.2. The molecule has 0 aliphatic rings. The maximum absolute atomic E-state index is 14.0. The number of pyridine rings is 1. The molecule has 7 nitrogen and oxygen atoms in total. The van der Waals surface area contributed by atoms with Crippen molar-refractivity contribution in [2.75, 3.05) is 5.73 Å². The van der Waals surface area contributed by atoms with Gasteiger partial charge >= 0.3 is 0 Å². The van der Waals surface area contributed by atoms with E-state index in [9.17, 15) is 9.18 Å². The van der Waals surface area contributed by atoms with E-state index in [0.717, 1.165) is 5.39 Å². The van der Waals surface area contributed by atoms with E-state index in [1.807, 2.05) is 6.07 Å². The third-order valence-corrected chi connectivity index (χ3v) is 3.85. The first kappa shape index (κ1) is 15.0. The van der Waals surface area contributed by atoms with Gasteiger partial charge in [0.05, 0.1) is 18.4 Å². The highest BCUT2D eigenvalue weighted by Gasteiger charge is 2.15. The molecule has 3 heterocycles. The van der Waals surface area contributed by atoms with E-state index in [0.29, 0.717) is 22.6 Å². The molecule has 4 aromatic rings. The zero-order valence-electron chi connectivity index (χ0n) is 13.0. The van der Waals surface area contributed by atoms with Crippen LogP contribution in [0.25, 0.3) is 22.4 Å². The van der Waals surface area contributed by atoms with Gasteiger partial charge in [-0.3, -0.25) is 4.79 Å². The zero-order valence-corrected chi connectivity index (χ0v) is 13.0. The Morgan fingerprint density at radius 3 is 2.80 bits per heavy atom. The van der Waals surface area contributed by atoms with Gasteiger partial charge in [-0.2, -0.15) is 5.10 Å².